The first-order chi connectivity index (χ1) is 6.68. The molecule has 14 heavy (non-hydrogen) atoms. The number of hydrogen-bond acceptors (Lipinski definition) is 1. The van der Waals surface area contributed by atoms with Crippen LogP contribution in [0.2, 0.25) is 0 Å². The van der Waals surface area contributed by atoms with Gasteiger partial charge in [0, 0.05) is 12.1 Å². The second-order valence-corrected chi connectivity index (χ2v) is 4.56. The summed E-state index contributed by atoms with van der Waals surface area (Å²) in [5, 5.41) is 3.63. The maximum atomic E-state index is 3.63. The molecule has 1 aliphatic carbocycles. The molecule has 0 amide bonds. The first-order valence-corrected chi connectivity index (χ1v) is 5.53. The third-order valence-corrected chi connectivity index (χ3v) is 3.04. The Hall–Kier alpha value is -0.820. The van der Waals surface area contributed by atoms with E-state index in [1.54, 1.807) is 5.56 Å². The molecule has 0 fully saturated rings. The van der Waals surface area contributed by atoms with E-state index in [9.17, 15) is 0 Å². The van der Waals surface area contributed by atoms with Crippen LogP contribution in [0, 0.1) is 6.92 Å². The van der Waals surface area contributed by atoms with Gasteiger partial charge in [0.1, 0.15) is 0 Å². The first kappa shape index (κ1) is 9.72. The van der Waals surface area contributed by atoms with E-state index in [1.165, 1.54) is 24.0 Å². The molecule has 0 saturated carbocycles. The van der Waals surface area contributed by atoms with Gasteiger partial charge in [-0.05, 0) is 36.5 Å². The maximum absolute atomic E-state index is 3.63. The molecule has 1 N–H and O–H groups in total. The standard InChI is InChI=1S/C13H19N/c1-9(2)14-13-8-7-11-10(3)5-4-6-12(11)13/h4-6,9,13-14H,7-8H2,1-3H3. The Labute approximate surface area is 86.5 Å². The molecule has 0 spiro atoms. The van der Waals surface area contributed by atoms with Gasteiger partial charge in [0.2, 0.25) is 0 Å². The number of aryl methyl sites for hydroxylation is 1. The van der Waals surface area contributed by atoms with Crippen LogP contribution in [0.5, 0.6) is 0 Å². The largest absolute Gasteiger partial charge is 0.308 e. The van der Waals surface area contributed by atoms with Crippen molar-refractivity contribution in [2.45, 2.75) is 45.7 Å². The van der Waals surface area contributed by atoms with Crippen LogP contribution in [-0.4, -0.2) is 6.04 Å². The summed E-state index contributed by atoms with van der Waals surface area (Å²) >= 11 is 0. The van der Waals surface area contributed by atoms with Gasteiger partial charge in [-0.2, -0.15) is 0 Å². The SMILES string of the molecule is Cc1cccc2c1CCC2NC(C)C. The summed E-state index contributed by atoms with van der Waals surface area (Å²) in [6.07, 6.45) is 2.50. The molecule has 2 rings (SSSR count). The fraction of sp³-hybridized carbons (Fsp3) is 0.538. The van der Waals surface area contributed by atoms with Gasteiger partial charge in [0.15, 0.2) is 0 Å². The van der Waals surface area contributed by atoms with Crippen molar-refractivity contribution >= 4 is 0 Å². The minimum absolute atomic E-state index is 0.575. The molecule has 0 heterocycles. The molecule has 1 nitrogen and oxygen atoms in total. The molecule has 1 unspecified atom stereocenters. The Morgan fingerprint density at radius 1 is 1.36 bits per heavy atom. The van der Waals surface area contributed by atoms with Crippen LogP contribution in [0.25, 0.3) is 0 Å². The number of hydrogen-bond donors (Lipinski definition) is 1. The Balaban J connectivity index is 2.26. The summed E-state index contributed by atoms with van der Waals surface area (Å²) in [5.74, 6) is 0. The van der Waals surface area contributed by atoms with Crippen LogP contribution < -0.4 is 5.32 Å². The molecule has 1 aromatic carbocycles. The van der Waals surface area contributed by atoms with Crippen molar-refractivity contribution in [3.63, 3.8) is 0 Å². The molecule has 1 aromatic rings. The minimum Gasteiger partial charge on any atom is -0.308 e. The Morgan fingerprint density at radius 2 is 2.14 bits per heavy atom. The first-order valence-electron chi connectivity index (χ1n) is 5.53. The van der Waals surface area contributed by atoms with Gasteiger partial charge < -0.3 is 5.32 Å². The van der Waals surface area contributed by atoms with Crippen LogP contribution in [0.15, 0.2) is 18.2 Å². The molecule has 1 heteroatoms. The van der Waals surface area contributed by atoms with E-state index in [-0.39, 0.29) is 0 Å². The molecule has 1 atom stereocenters. The summed E-state index contributed by atoms with van der Waals surface area (Å²) in [4.78, 5) is 0. The number of fused-ring (bicyclic) bond motifs is 1. The van der Waals surface area contributed by atoms with Crippen molar-refractivity contribution in [1.29, 1.82) is 0 Å². The lowest BCUT2D eigenvalue weighted by molar-refractivity contribution is 0.475. The smallest absolute Gasteiger partial charge is 0.0328 e. The zero-order valence-corrected chi connectivity index (χ0v) is 9.30. The Kier molecular flexibility index (Phi) is 2.60. The fourth-order valence-corrected chi connectivity index (χ4v) is 2.41. The highest BCUT2D eigenvalue weighted by Gasteiger charge is 2.23. The van der Waals surface area contributed by atoms with Crippen molar-refractivity contribution in [1.82, 2.24) is 5.32 Å². The van der Waals surface area contributed by atoms with Gasteiger partial charge in [-0.25, -0.2) is 0 Å². The van der Waals surface area contributed by atoms with E-state index >= 15 is 0 Å². The summed E-state index contributed by atoms with van der Waals surface area (Å²) in [7, 11) is 0. The summed E-state index contributed by atoms with van der Waals surface area (Å²) in [5.41, 5.74) is 4.56. The second-order valence-electron chi connectivity index (χ2n) is 4.56. The van der Waals surface area contributed by atoms with Crippen molar-refractivity contribution in [3.8, 4) is 0 Å². The molecule has 0 saturated heterocycles. The Bertz CT molecular complexity index is 328. The summed E-state index contributed by atoms with van der Waals surface area (Å²) in [6.45, 7) is 6.65. The summed E-state index contributed by atoms with van der Waals surface area (Å²) < 4.78 is 0. The molecule has 0 bridgehead atoms. The van der Waals surface area contributed by atoms with Crippen molar-refractivity contribution < 1.29 is 0 Å². The molecular weight excluding hydrogens is 170 g/mol. The normalized spacial score (nSPS) is 20.1. The van der Waals surface area contributed by atoms with E-state index in [1.807, 2.05) is 0 Å². The average Bonchev–Trinajstić information content (AvgIpc) is 2.49. The predicted octanol–water partition coefficient (Wildman–Crippen LogP) is 2.98. The number of nitrogens with one attached hydrogen (secondary N) is 1. The number of rotatable bonds is 2. The zero-order chi connectivity index (χ0) is 10.1. The molecule has 0 radical (unpaired) electrons. The van der Waals surface area contributed by atoms with Crippen molar-refractivity contribution in [2.75, 3.05) is 0 Å². The number of benzene rings is 1. The van der Waals surface area contributed by atoms with Gasteiger partial charge >= 0.3 is 0 Å². The van der Waals surface area contributed by atoms with E-state index in [0.29, 0.717) is 12.1 Å². The lowest BCUT2D eigenvalue weighted by Crippen LogP contribution is -2.26. The van der Waals surface area contributed by atoms with Gasteiger partial charge in [0.25, 0.3) is 0 Å². The topological polar surface area (TPSA) is 12.0 Å². The lowest BCUT2D eigenvalue weighted by atomic mass is 10.0. The molecule has 0 aromatic heterocycles. The average molecular weight is 189 g/mol. The lowest BCUT2D eigenvalue weighted by Gasteiger charge is -2.17. The zero-order valence-electron chi connectivity index (χ0n) is 9.30. The van der Waals surface area contributed by atoms with Crippen LogP contribution in [0.3, 0.4) is 0 Å². The molecular formula is C13H19N. The van der Waals surface area contributed by atoms with E-state index < -0.39 is 0 Å². The highest BCUT2D eigenvalue weighted by Crippen LogP contribution is 2.33. The van der Waals surface area contributed by atoms with E-state index in [0.717, 1.165) is 0 Å². The molecule has 0 aliphatic heterocycles. The van der Waals surface area contributed by atoms with Crippen LogP contribution >= 0.6 is 0 Å². The van der Waals surface area contributed by atoms with Crippen molar-refractivity contribution in [2.24, 2.45) is 0 Å². The third kappa shape index (κ3) is 1.69. The highest BCUT2D eigenvalue weighted by molar-refractivity contribution is 5.40. The predicted molar refractivity (Wildman–Crippen MR) is 60.5 cm³/mol. The summed E-state index contributed by atoms with van der Waals surface area (Å²) in [6, 6.07) is 7.83. The van der Waals surface area contributed by atoms with Gasteiger partial charge in [-0.1, -0.05) is 32.0 Å². The van der Waals surface area contributed by atoms with E-state index in [2.05, 4.69) is 44.3 Å². The third-order valence-electron chi connectivity index (χ3n) is 3.04. The minimum atomic E-state index is 0.575. The van der Waals surface area contributed by atoms with Gasteiger partial charge in [0.05, 0.1) is 0 Å². The fourth-order valence-electron chi connectivity index (χ4n) is 2.41. The Morgan fingerprint density at radius 3 is 2.86 bits per heavy atom. The quantitative estimate of drug-likeness (QED) is 0.754. The monoisotopic (exact) mass is 189 g/mol. The van der Waals surface area contributed by atoms with Crippen LogP contribution in [0.4, 0.5) is 0 Å². The second kappa shape index (κ2) is 3.74. The van der Waals surface area contributed by atoms with E-state index in [4.69, 9.17) is 0 Å². The van der Waals surface area contributed by atoms with Crippen molar-refractivity contribution in [3.05, 3.63) is 34.9 Å². The van der Waals surface area contributed by atoms with Crippen LogP contribution in [0.1, 0.15) is 43.0 Å². The molecule has 76 valence electrons. The van der Waals surface area contributed by atoms with Gasteiger partial charge in [-0.15, -0.1) is 0 Å². The van der Waals surface area contributed by atoms with Crippen LogP contribution in [-0.2, 0) is 6.42 Å². The molecule has 1 aliphatic rings. The maximum Gasteiger partial charge on any atom is 0.0328 e. The highest BCUT2D eigenvalue weighted by atomic mass is 14.9. The van der Waals surface area contributed by atoms with Gasteiger partial charge in [-0.3, -0.25) is 0 Å².